The molecule has 2 N–H and O–H groups in total. The zero-order valence-corrected chi connectivity index (χ0v) is 10.7. The largest absolute Gasteiger partial charge is 0.398 e. The van der Waals surface area contributed by atoms with Gasteiger partial charge in [0.15, 0.2) is 0 Å². The van der Waals surface area contributed by atoms with E-state index in [1.165, 1.54) is 16.0 Å². The number of nitrogens with two attached hydrogens (primary N) is 1. The van der Waals surface area contributed by atoms with Gasteiger partial charge in [-0.3, -0.25) is 0 Å². The predicted molar refractivity (Wildman–Crippen MR) is 70.0 cm³/mol. The first-order chi connectivity index (χ1) is 7.56. The van der Waals surface area contributed by atoms with Crippen LogP contribution in [0.5, 0.6) is 0 Å². The number of thiazole rings is 1. The first-order valence-electron chi connectivity index (χ1n) is 5.34. The summed E-state index contributed by atoms with van der Waals surface area (Å²) in [5, 5.41) is 1.12. The molecule has 0 saturated carbocycles. The van der Waals surface area contributed by atoms with Gasteiger partial charge < -0.3 is 5.73 Å². The van der Waals surface area contributed by atoms with E-state index in [0.717, 1.165) is 22.8 Å². The second-order valence-electron chi connectivity index (χ2n) is 4.12. The molecule has 3 heteroatoms. The van der Waals surface area contributed by atoms with Crippen molar-refractivity contribution in [2.24, 2.45) is 0 Å². The molecule has 0 atom stereocenters. The maximum Gasteiger partial charge on any atom is 0.0900 e. The van der Waals surface area contributed by atoms with Gasteiger partial charge in [-0.15, -0.1) is 11.3 Å². The molecule has 0 amide bonds. The van der Waals surface area contributed by atoms with Gasteiger partial charge in [-0.2, -0.15) is 0 Å². The molecule has 0 radical (unpaired) electrons. The van der Waals surface area contributed by atoms with E-state index in [1.54, 1.807) is 11.3 Å². The van der Waals surface area contributed by atoms with Crippen LogP contribution in [0.15, 0.2) is 18.2 Å². The normalized spacial score (nSPS) is 10.7. The average molecular weight is 232 g/mol. The second-order valence-corrected chi connectivity index (χ2v) is 5.41. The Kier molecular flexibility index (Phi) is 2.97. The van der Waals surface area contributed by atoms with Crippen molar-refractivity contribution in [3.05, 3.63) is 44.9 Å². The van der Waals surface area contributed by atoms with Crippen LogP contribution < -0.4 is 5.73 Å². The highest BCUT2D eigenvalue weighted by Gasteiger charge is 2.07. The van der Waals surface area contributed by atoms with Crippen molar-refractivity contribution in [3.63, 3.8) is 0 Å². The average Bonchev–Trinajstić information content (AvgIpc) is 2.50. The van der Waals surface area contributed by atoms with E-state index in [1.807, 2.05) is 13.0 Å². The van der Waals surface area contributed by atoms with E-state index in [-0.39, 0.29) is 0 Å². The SMILES string of the molecule is Cc1ccc(Cc2sc(C)nc2C)c(N)c1. The molecular formula is C13H16N2S. The van der Waals surface area contributed by atoms with Crippen LogP contribution in [0, 0.1) is 20.8 Å². The maximum atomic E-state index is 6.01. The Morgan fingerprint density at radius 1 is 1.25 bits per heavy atom. The van der Waals surface area contributed by atoms with Crippen LogP contribution in [0.2, 0.25) is 0 Å². The van der Waals surface area contributed by atoms with E-state index < -0.39 is 0 Å². The third-order valence-electron chi connectivity index (χ3n) is 2.65. The number of hydrogen-bond donors (Lipinski definition) is 1. The highest BCUT2D eigenvalue weighted by atomic mass is 32.1. The molecule has 84 valence electrons. The van der Waals surface area contributed by atoms with Crippen LogP contribution in [0.4, 0.5) is 5.69 Å². The monoisotopic (exact) mass is 232 g/mol. The Balaban J connectivity index is 2.30. The highest BCUT2D eigenvalue weighted by Crippen LogP contribution is 2.24. The number of aromatic nitrogens is 1. The zero-order chi connectivity index (χ0) is 11.7. The summed E-state index contributed by atoms with van der Waals surface area (Å²) >= 11 is 1.76. The summed E-state index contributed by atoms with van der Waals surface area (Å²) in [6, 6.07) is 6.24. The van der Waals surface area contributed by atoms with Crippen LogP contribution in [0.25, 0.3) is 0 Å². The maximum absolute atomic E-state index is 6.01. The van der Waals surface area contributed by atoms with Crippen molar-refractivity contribution >= 4 is 17.0 Å². The molecule has 16 heavy (non-hydrogen) atoms. The molecule has 2 nitrogen and oxygen atoms in total. The fourth-order valence-electron chi connectivity index (χ4n) is 1.79. The number of nitrogen functional groups attached to an aromatic ring is 1. The Morgan fingerprint density at radius 3 is 2.56 bits per heavy atom. The molecular weight excluding hydrogens is 216 g/mol. The first kappa shape index (κ1) is 11.1. The van der Waals surface area contributed by atoms with Crippen LogP contribution in [-0.4, -0.2) is 4.98 Å². The van der Waals surface area contributed by atoms with Gasteiger partial charge in [0.2, 0.25) is 0 Å². The molecule has 0 spiro atoms. The van der Waals surface area contributed by atoms with E-state index in [9.17, 15) is 0 Å². The van der Waals surface area contributed by atoms with Crippen LogP contribution >= 0.6 is 11.3 Å². The van der Waals surface area contributed by atoms with Crippen LogP contribution in [0.1, 0.15) is 26.7 Å². The molecule has 0 unspecified atom stereocenters. The van der Waals surface area contributed by atoms with Gasteiger partial charge in [-0.1, -0.05) is 12.1 Å². The van der Waals surface area contributed by atoms with E-state index >= 15 is 0 Å². The quantitative estimate of drug-likeness (QED) is 0.807. The van der Waals surface area contributed by atoms with Gasteiger partial charge in [0, 0.05) is 17.0 Å². The molecule has 2 rings (SSSR count). The molecule has 1 heterocycles. The molecule has 1 aromatic heterocycles. The van der Waals surface area contributed by atoms with Gasteiger partial charge >= 0.3 is 0 Å². The summed E-state index contributed by atoms with van der Waals surface area (Å²) in [5.41, 5.74) is 10.4. The van der Waals surface area contributed by atoms with Crippen molar-refractivity contribution in [1.29, 1.82) is 0 Å². The summed E-state index contributed by atoms with van der Waals surface area (Å²) in [6.07, 6.45) is 0.892. The third-order valence-corrected chi connectivity index (χ3v) is 3.72. The Morgan fingerprint density at radius 2 is 2.00 bits per heavy atom. The van der Waals surface area contributed by atoms with E-state index in [4.69, 9.17) is 5.73 Å². The number of benzene rings is 1. The molecule has 0 fully saturated rings. The minimum absolute atomic E-state index is 0.880. The van der Waals surface area contributed by atoms with Crippen molar-refractivity contribution < 1.29 is 0 Å². The smallest absolute Gasteiger partial charge is 0.0900 e. The zero-order valence-electron chi connectivity index (χ0n) is 9.87. The molecule has 2 aromatic rings. The molecule has 0 bridgehead atoms. The van der Waals surface area contributed by atoms with E-state index in [0.29, 0.717) is 0 Å². The van der Waals surface area contributed by atoms with Crippen LogP contribution in [0.3, 0.4) is 0 Å². The number of aryl methyl sites for hydroxylation is 3. The van der Waals surface area contributed by atoms with Gasteiger partial charge in [-0.05, 0) is 38.0 Å². The summed E-state index contributed by atoms with van der Waals surface area (Å²) < 4.78 is 0. The third kappa shape index (κ3) is 2.25. The molecule has 0 saturated heterocycles. The summed E-state index contributed by atoms with van der Waals surface area (Å²) in [5.74, 6) is 0. The summed E-state index contributed by atoms with van der Waals surface area (Å²) in [4.78, 5) is 5.75. The van der Waals surface area contributed by atoms with Crippen molar-refractivity contribution in [1.82, 2.24) is 4.98 Å². The van der Waals surface area contributed by atoms with Gasteiger partial charge in [0.25, 0.3) is 0 Å². The Hall–Kier alpha value is -1.35. The lowest BCUT2D eigenvalue weighted by Gasteiger charge is -2.05. The first-order valence-corrected chi connectivity index (χ1v) is 6.16. The lowest BCUT2D eigenvalue weighted by atomic mass is 10.1. The lowest BCUT2D eigenvalue weighted by molar-refractivity contribution is 1.13. The van der Waals surface area contributed by atoms with Gasteiger partial charge in [0.05, 0.1) is 10.7 Å². The number of anilines is 1. The van der Waals surface area contributed by atoms with Crippen molar-refractivity contribution in [3.8, 4) is 0 Å². The standard InChI is InChI=1S/C13H16N2S/c1-8-4-5-11(12(14)6-8)7-13-9(2)15-10(3)16-13/h4-6H,7,14H2,1-3H3. The predicted octanol–water partition coefficient (Wildman–Crippen LogP) is 3.24. The number of hydrogen-bond acceptors (Lipinski definition) is 3. The second kappa shape index (κ2) is 4.26. The Bertz CT molecular complexity index is 515. The van der Waals surface area contributed by atoms with Gasteiger partial charge in [0.1, 0.15) is 0 Å². The summed E-state index contributed by atoms with van der Waals surface area (Å²) in [7, 11) is 0. The minimum Gasteiger partial charge on any atom is -0.398 e. The molecule has 0 aliphatic heterocycles. The van der Waals surface area contributed by atoms with Gasteiger partial charge in [-0.25, -0.2) is 4.98 Å². The van der Waals surface area contributed by atoms with E-state index in [2.05, 4.69) is 31.0 Å². The number of nitrogens with zero attached hydrogens (tertiary/aromatic N) is 1. The van der Waals surface area contributed by atoms with Crippen molar-refractivity contribution in [2.75, 3.05) is 5.73 Å². The highest BCUT2D eigenvalue weighted by molar-refractivity contribution is 7.11. The van der Waals surface area contributed by atoms with Crippen LogP contribution in [-0.2, 0) is 6.42 Å². The Labute approximate surface area is 100 Å². The fraction of sp³-hybridized carbons (Fsp3) is 0.308. The fourth-order valence-corrected chi connectivity index (χ4v) is 2.75. The molecule has 1 aromatic carbocycles. The summed E-state index contributed by atoms with van der Waals surface area (Å²) in [6.45, 7) is 6.16. The topological polar surface area (TPSA) is 38.9 Å². The van der Waals surface area contributed by atoms with Crippen molar-refractivity contribution in [2.45, 2.75) is 27.2 Å². The molecule has 0 aliphatic carbocycles. The molecule has 0 aliphatic rings. The lowest BCUT2D eigenvalue weighted by Crippen LogP contribution is -1.96. The minimum atomic E-state index is 0.880. The number of rotatable bonds is 2.